The Morgan fingerprint density at radius 3 is 2.60 bits per heavy atom. The third-order valence-electron chi connectivity index (χ3n) is 2.58. The molecule has 2 aromatic rings. The zero-order valence-electron chi connectivity index (χ0n) is 10.8. The van der Waals surface area contributed by atoms with Crippen LogP contribution in [0.25, 0.3) is 0 Å². The zero-order valence-corrected chi connectivity index (χ0v) is 12.4. The van der Waals surface area contributed by atoms with E-state index < -0.39 is 10.0 Å². The van der Waals surface area contributed by atoms with Gasteiger partial charge in [-0.25, -0.2) is 13.1 Å². The van der Waals surface area contributed by atoms with Gasteiger partial charge in [0, 0.05) is 12.2 Å². The lowest BCUT2D eigenvalue weighted by Gasteiger charge is -2.08. The molecule has 0 unspecified atom stereocenters. The Labute approximate surface area is 122 Å². The van der Waals surface area contributed by atoms with E-state index in [2.05, 4.69) is 4.72 Å². The van der Waals surface area contributed by atoms with E-state index in [0.717, 1.165) is 5.56 Å². The van der Waals surface area contributed by atoms with Gasteiger partial charge in [0.25, 0.3) is 0 Å². The molecule has 108 valence electrons. The molecule has 0 saturated heterocycles. The van der Waals surface area contributed by atoms with Crippen LogP contribution in [0.5, 0.6) is 5.75 Å². The van der Waals surface area contributed by atoms with E-state index in [1.165, 1.54) is 11.3 Å². The van der Waals surface area contributed by atoms with Gasteiger partial charge in [0.15, 0.2) is 0 Å². The van der Waals surface area contributed by atoms with E-state index in [1.54, 1.807) is 24.3 Å². The van der Waals surface area contributed by atoms with Crippen LogP contribution in [-0.2, 0) is 16.6 Å². The fourth-order valence-electron chi connectivity index (χ4n) is 1.49. The molecule has 0 aliphatic rings. The highest BCUT2D eigenvalue weighted by Gasteiger charge is 2.10. The molecular weight excluding hydrogens is 296 g/mol. The molecule has 0 aliphatic carbocycles. The largest absolute Gasteiger partial charge is 0.492 e. The second kappa shape index (κ2) is 6.74. The van der Waals surface area contributed by atoms with Crippen molar-refractivity contribution >= 4 is 27.0 Å². The van der Waals surface area contributed by atoms with Crippen molar-refractivity contribution in [2.75, 3.05) is 18.1 Å². The zero-order chi connectivity index (χ0) is 14.4. The van der Waals surface area contributed by atoms with Crippen molar-refractivity contribution in [3.63, 3.8) is 0 Å². The summed E-state index contributed by atoms with van der Waals surface area (Å²) in [5, 5.41) is 3.82. The number of rotatable bonds is 7. The summed E-state index contributed by atoms with van der Waals surface area (Å²) >= 11 is 1.54. The van der Waals surface area contributed by atoms with Crippen molar-refractivity contribution in [3.05, 3.63) is 46.7 Å². The summed E-state index contributed by atoms with van der Waals surface area (Å²) in [5.41, 5.74) is 7.15. The van der Waals surface area contributed by atoms with Crippen LogP contribution in [-0.4, -0.2) is 20.8 Å². The van der Waals surface area contributed by atoms with Gasteiger partial charge in [-0.1, -0.05) is 0 Å². The fraction of sp³-hybridized carbons (Fsp3) is 0.231. The number of ether oxygens (including phenoxy) is 1. The molecule has 0 aliphatic heterocycles. The minimum Gasteiger partial charge on any atom is -0.492 e. The van der Waals surface area contributed by atoms with Gasteiger partial charge in [0.2, 0.25) is 10.0 Å². The Kier molecular flexibility index (Phi) is 4.99. The summed E-state index contributed by atoms with van der Waals surface area (Å²) in [7, 11) is -3.33. The molecule has 0 atom stereocenters. The van der Waals surface area contributed by atoms with Gasteiger partial charge in [-0.05, 0) is 46.7 Å². The minimum atomic E-state index is -3.33. The molecule has 7 heteroatoms. The van der Waals surface area contributed by atoms with Crippen molar-refractivity contribution in [1.29, 1.82) is 0 Å². The van der Waals surface area contributed by atoms with Crippen LogP contribution in [0, 0.1) is 0 Å². The van der Waals surface area contributed by atoms with Crippen LogP contribution in [0.15, 0.2) is 41.1 Å². The molecule has 20 heavy (non-hydrogen) atoms. The van der Waals surface area contributed by atoms with Crippen LogP contribution in [0.2, 0.25) is 0 Å². The maximum atomic E-state index is 11.8. The first-order chi connectivity index (χ1) is 9.55. The summed E-state index contributed by atoms with van der Waals surface area (Å²) in [6.07, 6.45) is 0. The topological polar surface area (TPSA) is 81.4 Å². The fourth-order valence-corrected chi connectivity index (χ4v) is 2.99. The summed E-state index contributed by atoms with van der Waals surface area (Å²) in [5.74, 6) is 0.522. The smallest absolute Gasteiger partial charge is 0.215 e. The molecule has 0 spiro atoms. The molecule has 1 aromatic carbocycles. The number of sulfonamides is 1. The highest BCUT2D eigenvalue weighted by Crippen LogP contribution is 2.13. The van der Waals surface area contributed by atoms with Crippen LogP contribution in [0.3, 0.4) is 0 Å². The lowest BCUT2D eigenvalue weighted by atomic mass is 10.3. The average molecular weight is 312 g/mol. The first-order valence-electron chi connectivity index (χ1n) is 6.02. The molecule has 1 heterocycles. The van der Waals surface area contributed by atoms with Gasteiger partial charge < -0.3 is 10.5 Å². The molecule has 0 amide bonds. The molecule has 5 nitrogen and oxygen atoms in total. The van der Waals surface area contributed by atoms with Gasteiger partial charge in [0.05, 0.1) is 5.75 Å². The lowest BCUT2D eigenvalue weighted by Crippen LogP contribution is -2.28. The van der Waals surface area contributed by atoms with Gasteiger partial charge in [-0.3, -0.25) is 0 Å². The number of hydrogen-bond acceptors (Lipinski definition) is 5. The molecule has 0 saturated carbocycles. The molecule has 0 radical (unpaired) electrons. The SMILES string of the molecule is Nc1ccc(OCCS(=O)(=O)NCc2ccsc2)cc1. The normalized spacial score (nSPS) is 11.4. The highest BCUT2D eigenvalue weighted by molar-refractivity contribution is 7.89. The number of hydrogen-bond donors (Lipinski definition) is 2. The third kappa shape index (κ3) is 4.84. The summed E-state index contributed by atoms with van der Waals surface area (Å²) in [6.45, 7) is 0.413. The standard InChI is InChI=1S/C13H16N2O3S2/c14-12-1-3-13(4-2-12)18-6-8-20(16,17)15-9-11-5-7-19-10-11/h1-5,7,10,15H,6,8-9,14H2. The predicted molar refractivity (Wildman–Crippen MR) is 81.3 cm³/mol. The summed E-state index contributed by atoms with van der Waals surface area (Å²) in [6, 6.07) is 8.72. The number of nitrogen functional groups attached to an aromatic ring is 1. The third-order valence-corrected chi connectivity index (χ3v) is 4.60. The Balaban J connectivity index is 1.76. The Bertz CT molecular complexity index is 622. The van der Waals surface area contributed by atoms with Crippen LogP contribution < -0.4 is 15.2 Å². The maximum absolute atomic E-state index is 11.8. The number of benzene rings is 1. The second-order valence-electron chi connectivity index (χ2n) is 4.19. The van der Waals surface area contributed by atoms with Gasteiger partial charge >= 0.3 is 0 Å². The van der Waals surface area contributed by atoms with E-state index in [9.17, 15) is 8.42 Å². The van der Waals surface area contributed by atoms with E-state index in [1.807, 2.05) is 16.8 Å². The molecule has 3 N–H and O–H groups in total. The monoisotopic (exact) mass is 312 g/mol. The van der Waals surface area contributed by atoms with Crippen molar-refractivity contribution < 1.29 is 13.2 Å². The Morgan fingerprint density at radius 1 is 1.20 bits per heavy atom. The molecule has 1 aromatic heterocycles. The molecule has 2 rings (SSSR count). The number of anilines is 1. The summed E-state index contributed by atoms with van der Waals surface area (Å²) in [4.78, 5) is 0. The summed E-state index contributed by atoms with van der Waals surface area (Å²) < 4.78 is 31.4. The Morgan fingerprint density at radius 2 is 1.95 bits per heavy atom. The molecular formula is C13H16N2O3S2. The quantitative estimate of drug-likeness (QED) is 0.764. The number of thiophene rings is 1. The minimum absolute atomic E-state index is 0.0818. The molecule has 0 fully saturated rings. The van der Waals surface area contributed by atoms with E-state index in [0.29, 0.717) is 18.0 Å². The van der Waals surface area contributed by atoms with E-state index in [-0.39, 0.29) is 12.4 Å². The van der Waals surface area contributed by atoms with Gasteiger partial charge in [-0.15, -0.1) is 0 Å². The van der Waals surface area contributed by atoms with Crippen molar-refractivity contribution in [1.82, 2.24) is 4.72 Å². The first-order valence-corrected chi connectivity index (χ1v) is 8.61. The second-order valence-corrected chi connectivity index (χ2v) is 6.90. The Hall–Kier alpha value is -1.57. The average Bonchev–Trinajstić information content (AvgIpc) is 2.92. The van der Waals surface area contributed by atoms with Gasteiger partial charge in [-0.2, -0.15) is 11.3 Å². The van der Waals surface area contributed by atoms with Crippen LogP contribution in [0.4, 0.5) is 5.69 Å². The number of nitrogens with two attached hydrogens (primary N) is 1. The van der Waals surface area contributed by atoms with Crippen LogP contribution in [0.1, 0.15) is 5.56 Å². The molecule has 0 bridgehead atoms. The highest BCUT2D eigenvalue weighted by atomic mass is 32.2. The lowest BCUT2D eigenvalue weighted by molar-refractivity contribution is 0.340. The predicted octanol–water partition coefficient (Wildman–Crippen LogP) is 1.83. The van der Waals surface area contributed by atoms with E-state index >= 15 is 0 Å². The van der Waals surface area contributed by atoms with Crippen molar-refractivity contribution in [2.45, 2.75) is 6.54 Å². The van der Waals surface area contributed by atoms with Gasteiger partial charge in [0.1, 0.15) is 12.4 Å². The van der Waals surface area contributed by atoms with Crippen LogP contribution >= 0.6 is 11.3 Å². The first kappa shape index (κ1) is 14.8. The van der Waals surface area contributed by atoms with E-state index in [4.69, 9.17) is 10.5 Å². The van der Waals surface area contributed by atoms with Crippen molar-refractivity contribution in [3.8, 4) is 5.75 Å². The number of nitrogens with one attached hydrogen (secondary N) is 1. The maximum Gasteiger partial charge on any atom is 0.215 e. The van der Waals surface area contributed by atoms with Crippen molar-refractivity contribution in [2.24, 2.45) is 0 Å².